The number of rotatable bonds is 6. The second-order valence-corrected chi connectivity index (χ2v) is 8.09. The van der Waals surface area contributed by atoms with Gasteiger partial charge in [-0.05, 0) is 48.1 Å². The molecule has 0 aromatic heterocycles. The third-order valence-corrected chi connectivity index (χ3v) is 4.40. The minimum atomic E-state index is -0.620. The highest BCUT2D eigenvalue weighted by atomic mass is 35.5. The number of halogens is 1. The van der Waals surface area contributed by atoms with E-state index in [0.717, 1.165) is 16.7 Å². The zero-order chi connectivity index (χ0) is 20.9. The Morgan fingerprint density at radius 1 is 1.07 bits per heavy atom. The van der Waals surface area contributed by atoms with Crippen molar-refractivity contribution in [2.45, 2.75) is 40.0 Å². The fraction of sp³-hybridized carbons (Fsp3) is 0.364. The Labute approximate surface area is 171 Å². The standard InChI is InChI=1S/C22H26ClNO4/c1-14-10-15(2)21(17(23)11-14)24-19(25)12-28-20(26)13-27-18-9-7-6-8-16(18)22(3,4)5/h6-11H,12-13H2,1-5H3,(H,24,25). The average Bonchev–Trinajstić information content (AvgIpc) is 2.60. The first-order valence-electron chi connectivity index (χ1n) is 9.02. The minimum absolute atomic E-state index is 0.119. The largest absolute Gasteiger partial charge is 0.482 e. The van der Waals surface area contributed by atoms with Crippen molar-refractivity contribution in [2.75, 3.05) is 18.5 Å². The summed E-state index contributed by atoms with van der Waals surface area (Å²) in [5.41, 5.74) is 3.23. The molecule has 0 bridgehead atoms. The molecule has 0 unspecified atom stereocenters. The quantitative estimate of drug-likeness (QED) is 0.702. The van der Waals surface area contributed by atoms with Crippen LogP contribution < -0.4 is 10.1 Å². The van der Waals surface area contributed by atoms with Gasteiger partial charge in [-0.25, -0.2) is 4.79 Å². The smallest absolute Gasteiger partial charge is 0.344 e. The molecule has 2 aromatic rings. The van der Waals surface area contributed by atoms with E-state index in [1.165, 1.54) is 0 Å². The van der Waals surface area contributed by atoms with Gasteiger partial charge in [-0.1, -0.05) is 56.6 Å². The molecule has 0 spiro atoms. The maximum absolute atomic E-state index is 12.1. The molecular weight excluding hydrogens is 378 g/mol. The molecule has 0 aliphatic carbocycles. The van der Waals surface area contributed by atoms with Crippen LogP contribution >= 0.6 is 11.6 Å². The van der Waals surface area contributed by atoms with Crippen molar-refractivity contribution in [1.29, 1.82) is 0 Å². The number of para-hydroxylation sites is 1. The van der Waals surface area contributed by atoms with Gasteiger partial charge in [-0.15, -0.1) is 0 Å². The third-order valence-electron chi connectivity index (χ3n) is 4.10. The molecule has 0 aliphatic rings. The Morgan fingerprint density at radius 3 is 2.39 bits per heavy atom. The molecule has 0 radical (unpaired) electrons. The molecule has 2 aromatic carbocycles. The van der Waals surface area contributed by atoms with Gasteiger partial charge in [0.05, 0.1) is 10.7 Å². The van der Waals surface area contributed by atoms with E-state index in [1.807, 2.05) is 44.2 Å². The van der Waals surface area contributed by atoms with Gasteiger partial charge in [0.25, 0.3) is 5.91 Å². The van der Waals surface area contributed by atoms with E-state index >= 15 is 0 Å². The molecule has 2 rings (SSSR count). The van der Waals surface area contributed by atoms with E-state index in [2.05, 4.69) is 26.1 Å². The summed E-state index contributed by atoms with van der Waals surface area (Å²) < 4.78 is 10.6. The van der Waals surface area contributed by atoms with Crippen molar-refractivity contribution in [1.82, 2.24) is 0 Å². The van der Waals surface area contributed by atoms with Crippen molar-refractivity contribution < 1.29 is 19.1 Å². The van der Waals surface area contributed by atoms with Crippen LogP contribution in [0.1, 0.15) is 37.5 Å². The van der Waals surface area contributed by atoms with Crippen molar-refractivity contribution in [3.05, 3.63) is 58.1 Å². The number of aryl methyl sites for hydroxylation is 2. The number of hydrogen-bond donors (Lipinski definition) is 1. The molecule has 0 heterocycles. The molecule has 5 nitrogen and oxygen atoms in total. The van der Waals surface area contributed by atoms with Gasteiger partial charge in [-0.2, -0.15) is 0 Å². The van der Waals surface area contributed by atoms with Crippen LogP contribution in [-0.4, -0.2) is 25.1 Å². The van der Waals surface area contributed by atoms with Gasteiger partial charge >= 0.3 is 5.97 Å². The lowest BCUT2D eigenvalue weighted by atomic mass is 9.86. The van der Waals surface area contributed by atoms with Crippen LogP contribution in [0.3, 0.4) is 0 Å². The predicted octanol–water partition coefficient (Wildman–Crippen LogP) is 4.82. The lowest BCUT2D eigenvalue weighted by molar-refractivity contribution is -0.149. The predicted molar refractivity (Wildman–Crippen MR) is 111 cm³/mol. The number of benzene rings is 2. The van der Waals surface area contributed by atoms with Crippen LogP contribution in [0.15, 0.2) is 36.4 Å². The van der Waals surface area contributed by atoms with Crippen molar-refractivity contribution >= 4 is 29.2 Å². The Balaban J connectivity index is 1.88. The lowest BCUT2D eigenvalue weighted by Gasteiger charge is -2.22. The number of amides is 1. The monoisotopic (exact) mass is 403 g/mol. The van der Waals surface area contributed by atoms with Crippen molar-refractivity contribution in [3.8, 4) is 5.75 Å². The summed E-state index contributed by atoms with van der Waals surface area (Å²) in [5, 5.41) is 3.12. The maximum Gasteiger partial charge on any atom is 0.344 e. The Morgan fingerprint density at radius 2 is 1.75 bits per heavy atom. The number of anilines is 1. The Hall–Kier alpha value is -2.53. The molecule has 6 heteroatoms. The van der Waals surface area contributed by atoms with Crippen LogP contribution in [0.25, 0.3) is 0 Å². The fourth-order valence-corrected chi connectivity index (χ4v) is 3.15. The lowest BCUT2D eigenvalue weighted by Crippen LogP contribution is -2.24. The molecule has 28 heavy (non-hydrogen) atoms. The van der Waals surface area contributed by atoms with Gasteiger partial charge < -0.3 is 14.8 Å². The highest BCUT2D eigenvalue weighted by molar-refractivity contribution is 6.34. The van der Waals surface area contributed by atoms with Gasteiger partial charge in [0.2, 0.25) is 0 Å². The molecule has 1 N–H and O–H groups in total. The second kappa shape index (κ2) is 9.11. The SMILES string of the molecule is Cc1cc(C)c(NC(=O)COC(=O)COc2ccccc2C(C)(C)C)c(Cl)c1. The Bertz CT molecular complexity index is 848. The first-order chi connectivity index (χ1) is 13.1. The van der Waals surface area contributed by atoms with Crippen LogP contribution in [-0.2, 0) is 19.7 Å². The number of ether oxygens (including phenoxy) is 2. The number of nitrogens with one attached hydrogen (secondary N) is 1. The highest BCUT2D eigenvalue weighted by Crippen LogP contribution is 2.31. The van der Waals surface area contributed by atoms with E-state index in [4.69, 9.17) is 21.1 Å². The number of carbonyl (C=O) groups excluding carboxylic acids is 2. The van der Waals surface area contributed by atoms with E-state index in [9.17, 15) is 9.59 Å². The second-order valence-electron chi connectivity index (χ2n) is 7.68. The number of hydrogen-bond acceptors (Lipinski definition) is 4. The van der Waals surface area contributed by atoms with Crippen LogP contribution in [0.4, 0.5) is 5.69 Å². The van der Waals surface area contributed by atoms with E-state index in [0.29, 0.717) is 16.5 Å². The first-order valence-corrected chi connectivity index (χ1v) is 9.40. The highest BCUT2D eigenvalue weighted by Gasteiger charge is 2.19. The van der Waals surface area contributed by atoms with E-state index in [-0.39, 0.29) is 12.0 Å². The van der Waals surface area contributed by atoms with Crippen LogP contribution in [0.5, 0.6) is 5.75 Å². The minimum Gasteiger partial charge on any atom is -0.482 e. The molecule has 0 fully saturated rings. The molecular formula is C22H26ClNO4. The van der Waals surface area contributed by atoms with Gasteiger partial charge in [-0.3, -0.25) is 4.79 Å². The molecule has 0 aliphatic heterocycles. The summed E-state index contributed by atoms with van der Waals surface area (Å²) in [6.45, 7) is 9.28. The maximum atomic E-state index is 12.1. The molecule has 0 atom stereocenters. The Kier molecular flexibility index (Phi) is 7.08. The van der Waals surface area contributed by atoms with Gasteiger partial charge in [0.15, 0.2) is 13.2 Å². The molecule has 1 amide bonds. The average molecular weight is 404 g/mol. The fourth-order valence-electron chi connectivity index (χ4n) is 2.79. The molecule has 0 saturated carbocycles. The summed E-state index contributed by atoms with van der Waals surface area (Å²) in [5.74, 6) is -0.457. The third kappa shape index (κ3) is 5.99. The molecule has 0 saturated heterocycles. The molecule has 150 valence electrons. The zero-order valence-electron chi connectivity index (χ0n) is 16.9. The van der Waals surface area contributed by atoms with E-state index in [1.54, 1.807) is 6.07 Å². The summed E-state index contributed by atoms with van der Waals surface area (Å²) >= 11 is 6.17. The topological polar surface area (TPSA) is 64.6 Å². The van der Waals surface area contributed by atoms with Crippen molar-refractivity contribution in [2.24, 2.45) is 0 Å². The van der Waals surface area contributed by atoms with Crippen LogP contribution in [0.2, 0.25) is 5.02 Å². The zero-order valence-corrected chi connectivity index (χ0v) is 17.6. The normalized spacial score (nSPS) is 11.1. The summed E-state index contributed by atoms with van der Waals surface area (Å²) in [4.78, 5) is 24.0. The first kappa shape index (κ1) is 21.8. The van der Waals surface area contributed by atoms with Crippen molar-refractivity contribution in [3.63, 3.8) is 0 Å². The summed E-state index contributed by atoms with van der Waals surface area (Å²) in [7, 11) is 0. The van der Waals surface area contributed by atoms with Crippen LogP contribution in [0, 0.1) is 13.8 Å². The van der Waals surface area contributed by atoms with Gasteiger partial charge in [0, 0.05) is 0 Å². The van der Waals surface area contributed by atoms with Gasteiger partial charge in [0.1, 0.15) is 5.75 Å². The number of esters is 1. The summed E-state index contributed by atoms with van der Waals surface area (Å²) in [6, 6.07) is 11.2. The summed E-state index contributed by atoms with van der Waals surface area (Å²) in [6.07, 6.45) is 0. The number of carbonyl (C=O) groups is 2. The van der Waals surface area contributed by atoms with E-state index < -0.39 is 18.5 Å².